The van der Waals surface area contributed by atoms with E-state index in [-0.39, 0.29) is 11.6 Å². The van der Waals surface area contributed by atoms with Gasteiger partial charge >= 0.3 is 0 Å². The Morgan fingerprint density at radius 3 is 2.67 bits per heavy atom. The van der Waals surface area contributed by atoms with E-state index in [0.29, 0.717) is 18.1 Å². The van der Waals surface area contributed by atoms with Gasteiger partial charge in [0.25, 0.3) is 5.91 Å². The van der Waals surface area contributed by atoms with Gasteiger partial charge in [0.2, 0.25) is 5.76 Å². The molecule has 5 rings (SSSR count). The van der Waals surface area contributed by atoms with Crippen molar-refractivity contribution < 1.29 is 13.6 Å². The van der Waals surface area contributed by atoms with Crippen LogP contribution < -0.4 is 10.2 Å². The molecule has 30 heavy (non-hydrogen) atoms. The monoisotopic (exact) mass is 399 g/mol. The van der Waals surface area contributed by atoms with Crippen LogP contribution in [0, 0.1) is 0 Å². The van der Waals surface area contributed by atoms with Crippen LogP contribution >= 0.6 is 0 Å². The maximum Gasteiger partial charge on any atom is 0.274 e. The number of furan rings is 1. The van der Waals surface area contributed by atoms with Gasteiger partial charge in [-0.25, -0.2) is 4.98 Å². The van der Waals surface area contributed by atoms with E-state index >= 15 is 0 Å². The highest BCUT2D eigenvalue weighted by molar-refractivity contribution is 5.97. The zero-order valence-electron chi connectivity index (χ0n) is 16.4. The van der Waals surface area contributed by atoms with E-state index in [9.17, 15) is 4.79 Å². The van der Waals surface area contributed by atoms with E-state index < -0.39 is 0 Å². The molecule has 0 fully saturated rings. The Morgan fingerprint density at radius 1 is 1.00 bits per heavy atom. The number of nitrogens with zero attached hydrogens (tertiary/aromatic N) is 2. The number of nitrogens with one attached hydrogen (secondary N) is 1. The molecule has 1 N–H and O–H groups in total. The lowest BCUT2D eigenvalue weighted by atomic mass is 10.1. The molecule has 1 aliphatic rings. The van der Waals surface area contributed by atoms with Crippen molar-refractivity contribution in [3.63, 3.8) is 0 Å². The number of fused-ring (bicyclic) bond motifs is 1. The Kier molecular flexibility index (Phi) is 4.81. The topological polar surface area (TPSA) is 71.5 Å². The molecule has 1 aliphatic heterocycles. The van der Waals surface area contributed by atoms with Gasteiger partial charge in [0, 0.05) is 25.3 Å². The summed E-state index contributed by atoms with van der Waals surface area (Å²) in [7, 11) is 0. The first-order chi connectivity index (χ1) is 14.8. The lowest BCUT2D eigenvalue weighted by molar-refractivity contribution is 0.0946. The molecular weight excluding hydrogens is 378 g/mol. The molecule has 3 heterocycles. The number of oxazole rings is 1. The van der Waals surface area contributed by atoms with Crippen molar-refractivity contribution in [2.45, 2.75) is 19.5 Å². The van der Waals surface area contributed by atoms with E-state index in [1.165, 1.54) is 29.5 Å². The highest BCUT2D eigenvalue weighted by Gasteiger charge is 2.20. The number of carbonyl (C=O) groups is 1. The van der Waals surface area contributed by atoms with Crippen LogP contribution in [-0.2, 0) is 19.5 Å². The maximum atomic E-state index is 12.5. The molecule has 0 unspecified atom stereocenters. The van der Waals surface area contributed by atoms with Crippen molar-refractivity contribution in [2.24, 2.45) is 0 Å². The molecule has 0 bridgehead atoms. The summed E-state index contributed by atoms with van der Waals surface area (Å²) in [5.74, 6) is 0.511. The molecule has 1 amide bonds. The Morgan fingerprint density at radius 2 is 1.83 bits per heavy atom. The van der Waals surface area contributed by atoms with Gasteiger partial charge < -0.3 is 19.1 Å². The molecule has 0 atom stereocenters. The summed E-state index contributed by atoms with van der Waals surface area (Å²) in [5, 5.41) is 2.90. The van der Waals surface area contributed by atoms with Crippen LogP contribution in [0.3, 0.4) is 0 Å². The van der Waals surface area contributed by atoms with E-state index in [2.05, 4.69) is 51.6 Å². The highest BCUT2D eigenvalue weighted by atomic mass is 16.4. The summed E-state index contributed by atoms with van der Waals surface area (Å²) in [4.78, 5) is 19.0. The van der Waals surface area contributed by atoms with E-state index in [1.54, 1.807) is 12.1 Å². The molecule has 2 aromatic heterocycles. The van der Waals surface area contributed by atoms with Gasteiger partial charge in [-0.2, -0.15) is 0 Å². The number of para-hydroxylation sites is 1. The van der Waals surface area contributed by atoms with Crippen LogP contribution in [0.5, 0.6) is 0 Å². The molecule has 0 saturated carbocycles. The van der Waals surface area contributed by atoms with Gasteiger partial charge in [-0.05, 0) is 41.3 Å². The summed E-state index contributed by atoms with van der Waals surface area (Å²) < 4.78 is 10.6. The number of hydrogen-bond acceptors (Lipinski definition) is 5. The zero-order chi connectivity index (χ0) is 20.3. The van der Waals surface area contributed by atoms with E-state index in [1.807, 2.05) is 12.1 Å². The quantitative estimate of drug-likeness (QED) is 0.519. The van der Waals surface area contributed by atoms with Crippen molar-refractivity contribution in [3.05, 3.63) is 95.7 Å². The SMILES string of the molecule is O=C(NCc1ccc(CN2CCc3ccccc32)cc1)c1ncoc1-c1ccco1. The number of rotatable bonds is 6. The van der Waals surface area contributed by atoms with Gasteiger partial charge in [0.1, 0.15) is 0 Å². The maximum absolute atomic E-state index is 12.5. The van der Waals surface area contributed by atoms with Crippen molar-refractivity contribution in [1.82, 2.24) is 10.3 Å². The van der Waals surface area contributed by atoms with Crippen LogP contribution in [0.1, 0.15) is 27.2 Å². The molecule has 4 aromatic rings. The third-order valence-electron chi connectivity index (χ3n) is 5.36. The predicted octanol–water partition coefficient (Wildman–Crippen LogP) is 4.43. The molecule has 0 aliphatic carbocycles. The molecule has 0 radical (unpaired) electrons. The number of hydrogen-bond donors (Lipinski definition) is 1. The van der Waals surface area contributed by atoms with Crippen LogP contribution in [-0.4, -0.2) is 17.4 Å². The summed E-state index contributed by atoms with van der Waals surface area (Å²) in [6.07, 6.45) is 3.88. The normalized spacial score (nSPS) is 12.7. The van der Waals surface area contributed by atoms with Gasteiger partial charge in [-0.3, -0.25) is 4.79 Å². The van der Waals surface area contributed by atoms with Gasteiger partial charge in [0.05, 0.1) is 6.26 Å². The lowest BCUT2D eigenvalue weighted by Crippen LogP contribution is -2.23. The second kappa shape index (κ2) is 7.91. The van der Waals surface area contributed by atoms with E-state index in [4.69, 9.17) is 8.83 Å². The van der Waals surface area contributed by atoms with Crippen LogP contribution in [0.4, 0.5) is 5.69 Å². The summed E-state index contributed by atoms with van der Waals surface area (Å²) in [6, 6.07) is 20.4. The number of benzene rings is 2. The Hall–Kier alpha value is -3.80. The molecule has 6 heteroatoms. The minimum absolute atomic E-state index is 0.217. The summed E-state index contributed by atoms with van der Waals surface area (Å²) in [6.45, 7) is 2.35. The second-order valence-corrected chi connectivity index (χ2v) is 7.31. The lowest BCUT2D eigenvalue weighted by Gasteiger charge is -2.19. The summed E-state index contributed by atoms with van der Waals surface area (Å²) >= 11 is 0. The second-order valence-electron chi connectivity index (χ2n) is 7.31. The van der Waals surface area contributed by atoms with Crippen molar-refractivity contribution in [1.29, 1.82) is 0 Å². The average molecular weight is 399 g/mol. The van der Waals surface area contributed by atoms with E-state index in [0.717, 1.165) is 25.1 Å². The van der Waals surface area contributed by atoms with Crippen LogP contribution in [0.15, 0.2) is 82.2 Å². The van der Waals surface area contributed by atoms with Gasteiger partial charge in [-0.1, -0.05) is 42.5 Å². The fraction of sp³-hybridized carbons (Fsp3) is 0.167. The molecule has 0 saturated heterocycles. The minimum Gasteiger partial charge on any atom is -0.461 e. The van der Waals surface area contributed by atoms with Crippen molar-refractivity contribution >= 4 is 11.6 Å². The van der Waals surface area contributed by atoms with Crippen molar-refractivity contribution in [3.8, 4) is 11.5 Å². The Bertz CT molecular complexity index is 1150. The smallest absolute Gasteiger partial charge is 0.274 e. The standard InChI is InChI=1S/C24H21N3O3/c28-24(22-23(30-16-26-22)21-6-3-13-29-21)25-14-17-7-9-18(10-8-17)15-27-12-11-19-4-1-2-5-20(19)27/h1-10,13,16H,11-12,14-15H2,(H,25,28). The Balaban J connectivity index is 1.20. The Labute approximate surface area is 174 Å². The van der Waals surface area contributed by atoms with Crippen molar-refractivity contribution in [2.75, 3.05) is 11.4 Å². The molecular formula is C24H21N3O3. The molecule has 150 valence electrons. The van der Waals surface area contributed by atoms with Gasteiger partial charge in [0.15, 0.2) is 17.8 Å². The first kappa shape index (κ1) is 18.2. The highest BCUT2D eigenvalue weighted by Crippen LogP contribution is 2.29. The molecule has 2 aromatic carbocycles. The largest absolute Gasteiger partial charge is 0.461 e. The zero-order valence-corrected chi connectivity index (χ0v) is 16.4. The summed E-state index contributed by atoms with van der Waals surface area (Å²) in [5.41, 5.74) is 5.23. The number of amides is 1. The van der Waals surface area contributed by atoms with Gasteiger partial charge in [-0.15, -0.1) is 0 Å². The first-order valence-corrected chi connectivity index (χ1v) is 9.94. The number of aromatic nitrogens is 1. The third kappa shape index (κ3) is 3.59. The van der Waals surface area contributed by atoms with Crippen LogP contribution in [0.2, 0.25) is 0 Å². The first-order valence-electron chi connectivity index (χ1n) is 9.94. The third-order valence-corrected chi connectivity index (χ3v) is 5.36. The number of carbonyl (C=O) groups excluding carboxylic acids is 1. The average Bonchev–Trinajstić information content (AvgIpc) is 3.53. The predicted molar refractivity (Wildman–Crippen MR) is 113 cm³/mol. The fourth-order valence-electron chi connectivity index (χ4n) is 3.81. The molecule has 0 spiro atoms. The van der Waals surface area contributed by atoms with Crippen LogP contribution in [0.25, 0.3) is 11.5 Å². The minimum atomic E-state index is -0.298. The molecule has 6 nitrogen and oxygen atoms in total. The fourth-order valence-corrected chi connectivity index (χ4v) is 3.81. The number of anilines is 1.